The maximum absolute atomic E-state index is 12.3. The van der Waals surface area contributed by atoms with Crippen molar-refractivity contribution in [1.82, 2.24) is 10.9 Å². The molecule has 0 saturated carbocycles. The number of nitrogens with one attached hydrogen (secondary N) is 2. The van der Waals surface area contributed by atoms with E-state index in [-0.39, 0.29) is 17.8 Å². The first-order valence-corrected chi connectivity index (χ1v) is 7.44. The predicted molar refractivity (Wildman–Crippen MR) is 86.5 cm³/mol. The third-order valence-electron chi connectivity index (χ3n) is 3.21. The van der Waals surface area contributed by atoms with Gasteiger partial charge in [-0.15, -0.1) is 0 Å². The second kappa shape index (κ2) is 6.85. The van der Waals surface area contributed by atoms with Crippen LogP contribution in [0.2, 0.25) is 0 Å². The van der Waals surface area contributed by atoms with Crippen LogP contribution in [-0.4, -0.2) is 34.5 Å². The van der Waals surface area contributed by atoms with Gasteiger partial charge in [-0.1, -0.05) is 0 Å². The highest BCUT2D eigenvalue weighted by Crippen LogP contribution is 2.25. The summed E-state index contributed by atoms with van der Waals surface area (Å²) in [6.07, 6.45) is -0.937. The molecule has 2 rings (SSSR count). The third kappa shape index (κ3) is 4.51. The largest absolute Gasteiger partial charge is 0.443 e. The molecular formula is C15H18N4O6. The minimum Gasteiger partial charge on any atom is -0.443 e. The maximum Gasteiger partial charge on any atom is 0.422 e. The molecular weight excluding hydrogens is 332 g/mol. The van der Waals surface area contributed by atoms with Crippen molar-refractivity contribution < 1.29 is 24.0 Å². The molecule has 1 aromatic rings. The zero-order chi connectivity index (χ0) is 18.8. The van der Waals surface area contributed by atoms with Gasteiger partial charge in [-0.3, -0.25) is 25.1 Å². The lowest BCUT2D eigenvalue weighted by Gasteiger charge is -2.21. The van der Waals surface area contributed by atoms with E-state index in [1.165, 1.54) is 24.3 Å². The van der Waals surface area contributed by atoms with E-state index in [1.54, 1.807) is 20.8 Å². The Morgan fingerprint density at radius 3 is 2.40 bits per heavy atom. The molecule has 10 heteroatoms. The summed E-state index contributed by atoms with van der Waals surface area (Å²) in [5.74, 6) is -1.06. The summed E-state index contributed by atoms with van der Waals surface area (Å²) >= 11 is 0. The van der Waals surface area contributed by atoms with Crippen molar-refractivity contribution in [2.45, 2.75) is 38.8 Å². The van der Waals surface area contributed by atoms with Gasteiger partial charge in [-0.2, -0.15) is 0 Å². The number of anilines is 1. The molecule has 0 aromatic heterocycles. The fourth-order valence-corrected chi connectivity index (χ4v) is 2.19. The van der Waals surface area contributed by atoms with Crippen LogP contribution in [0, 0.1) is 10.1 Å². The summed E-state index contributed by atoms with van der Waals surface area (Å²) in [5, 5.41) is 10.7. The summed E-state index contributed by atoms with van der Waals surface area (Å²) in [7, 11) is 0. The SMILES string of the molecule is CC(C)(C)OC(=O)NN[C@H]1CC(=O)N(c2ccc([N+](=O)[O-])cc2)C1=O. The van der Waals surface area contributed by atoms with Gasteiger partial charge in [-0.25, -0.2) is 15.1 Å². The van der Waals surface area contributed by atoms with Crippen LogP contribution >= 0.6 is 0 Å². The van der Waals surface area contributed by atoms with Crippen LogP contribution in [0.25, 0.3) is 0 Å². The number of hydrogen-bond donors (Lipinski definition) is 2. The Hall–Kier alpha value is -3.01. The fourth-order valence-electron chi connectivity index (χ4n) is 2.19. The summed E-state index contributed by atoms with van der Waals surface area (Å²) in [5.41, 5.74) is 4.07. The van der Waals surface area contributed by atoms with E-state index in [1.807, 2.05) is 0 Å². The van der Waals surface area contributed by atoms with E-state index in [9.17, 15) is 24.5 Å². The smallest absolute Gasteiger partial charge is 0.422 e. The lowest BCUT2D eigenvalue weighted by Crippen LogP contribution is -2.49. The first kappa shape index (κ1) is 18.3. The molecule has 0 unspecified atom stereocenters. The van der Waals surface area contributed by atoms with Gasteiger partial charge in [0, 0.05) is 12.1 Å². The van der Waals surface area contributed by atoms with Gasteiger partial charge in [0.05, 0.1) is 17.0 Å². The highest BCUT2D eigenvalue weighted by molar-refractivity contribution is 6.22. The number of hydrogen-bond acceptors (Lipinski definition) is 7. The van der Waals surface area contributed by atoms with Crippen molar-refractivity contribution in [1.29, 1.82) is 0 Å². The van der Waals surface area contributed by atoms with E-state index < -0.39 is 34.5 Å². The molecule has 1 aliphatic heterocycles. The Kier molecular flexibility index (Phi) is 5.02. The van der Waals surface area contributed by atoms with E-state index in [0.717, 1.165) is 4.90 Å². The normalized spacial score (nSPS) is 17.6. The first-order valence-electron chi connectivity index (χ1n) is 7.44. The minimum absolute atomic E-state index is 0.149. The number of carbonyl (C=O) groups is 3. The van der Waals surface area contributed by atoms with Crippen LogP contribution in [0.3, 0.4) is 0 Å². The number of imide groups is 1. The monoisotopic (exact) mass is 350 g/mol. The van der Waals surface area contributed by atoms with Crippen LogP contribution in [0.4, 0.5) is 16.2 Å². The summed E-state index contributed by atoms with van der Waals surface area (Å²) in [6.45, 7) is 5.06. The number of benzene rings is 1. The molecule has 0 bridgehead atoms. The van der Waals surface area contributed by atoms with Crippen molar-refractivity contribution in [3.8, 4) is 0 Å². The maximum atomic E-state index is 12.3. The van der Waals surface area contributed by atoms with Crippen LogP contribution in [0.5, 0.6) is 0 Å². The molecule has 0 radical (unpaired) electrons. The molecule has 1 aliphatic rings. The second-order valence-electron chi connectivity index (χ2n) is 6.37. The molecule has 1 atom stereocenters. The van der Waals surface area contributed by atoms with Crippen molar-refractivity contribution in [3.05, 3.63) is 34.4 Å². The quantitative estimate of drug-likeness (QED) is 0.475. The molecule has 0 spiro atoms. The Balaban J connectivity index is 2.02. The van der Waals surface area contributed by atoms with Gasteiger partial charge in [0.2, 0.25) is 5.91 Å². The van der Waals surface area contributed by atoms with Crippen molar-refractivity contribution in [2.24, 2.45) is 0 Å². The Morgan fingerprint density at radius 2 is 1.88 bits per heavy atom. The zero-order valence-corrected chi connectivity index (χ0v) is 13.9. The lowest BCUT2D eigenvalue weighted by atomic mass is 10.2. The van der Waals surface area contributed by atoms with Gasteiger partial charge >= 0.3 is 6.09 Å². The number of hydrazine groups is 1. The Bertz CT molecular complexity index is 710. The number of carbonyl (C=O) groups excluding carboxylic acids is 3. The number of non-ortho nitro benzene ring substituents is 1. The number of ether oxygens (including phenoxy) is 1. The number of nitro benzene ring substituents is 1. The van der Waals surface area contributed by atoms with Gasteiger partial charge < -0.3 is 4.74 Å². The summed E-state index contributed by atoms with van der Waals surface area (Å²) < 4.78 is 5.02. The number of rotatable bonds is 4. The average Bonchev–Trinajstić information content (AvgIpc) is 2.78. The molecule has 25 heavy (non-hydrogen) atoms. The molecule has 3 amide bonds. The topological polar surface area (TPSA) is 131 Å². The molecule has 2 N–H and O–H groups in total. The van der Waals surface area contributed by atoms with Crippen molar-refractivity contribution in [2.75, 3.05) is 4.90 Å². The molecule has 0 aliphatic carbocycles. The molecule has 1 aromatic carbocycles. The van der Waals surface area contributed by atoms with E-state index >= 15 is 0 Å². The van der Waals surface area contributed by atoms with Gasteiger partial charge in [-0.05, 0) is 32.9 Å². The first-order chi connectivity index (χ1) is 11.6. The number of nitro groups is 1. The molecule has 134 valence electrons. The van der Waals surface area contributed by atoms with Crippen molar-refractivity contribution in [3.63, 3.8) is 0 Å². The second-order valence-corrected chi connectivity index (χ2v) is 6.37. The summed E-state index contributed by atoms with van der Waals surface area (Å²) in [6, 6.07) is 4.09. The van der Waals surface area contributed by atoms with Crippen LogP contribution in [0.1, 0.15) is 27.2 Å². The molecule has 1 fully saturated rings. The van der Waals surface area contributed by atoms with Gasteiger partial charge in [0.25, 0.3) is 11.6 Å². The Labute approximate surface area is 143 Å². The van der Waals surface area contributed by atoms with E-state index in [2.05, 4.69) is 10.9 Å². The zero-order valence-electron chi connectivity index (χ0n) is 13.9. The van der Waals surface area contributed by atoms with Crippen LogP contribution < -0.4 is 15.8 Å². The average molecular weight is 350 g/mol. The molecule has 10 nitrogen and oxygen atoms in total. The molecule has 1 saturated heterocycles. The van der Waals surface area contributed by atoms with Gasteiger partial charge in [0.1, 0.15) is 11.6 Å². The standard InChI is InChI=1S/C15H18N4O6/c1-15(2,3)25-14(22)17-16-11-8-12(20)18(13(11)21)9-4-6-10(7-5-9)19(23)24/h4-7,11,16H,8H2,1-3H3,(H,17,22)/t11-/m0/s1. The fraction of sp³-hybridized carbons (Fsp3) is 0.400. The highest BCUT2D eigenvalue weighted by Gasteiger charge is 2.40. The lowest BCUT2D eigenvalue weighted by molar-refractivity contribution is -0.384. The van der Waals surface area contributed by atoms with E-state index in [0.29, 0.717) is 0 Å². The number of nitrogens with zero attached hydrogens (tertiary/aromatic N) is 2. The Morgan fingerprint density at radius 1 is 1.28 bits per heavy atom. The van der Waals surface area contributed by atoms with Crippen LogP contribution in [0.15, 0.2) is 24.3 Å². The van der Waals surface area contributed by atoms with Crippen molar-refractivity contribution >= 4 is 29.3 Å². The minimum atomic E-state index is -0.949. The predicted octanol–water partition coefficient (Wildman–Crippen LogP) is 1.26. The number of amides is 3. The summed E-state index contributed by atoms with van der Waals surface area (Å²) in [4.78, 5) is 47.0. The van der Waals surface area contributed by atoms with Gasteiger partial charge in [0.15, 0.2) is 0 Å². The van der Waals surface area contributed by atoms with Crippen LogP contribution in [-0.2, 0) is 14.3 Å². The molecule has 1 heterocycles. The highest BCUT2D eigenvalue weighted by atomic mass is 16.6. The van der Waals surface area contributed by atoms with E-state index in [4.69, 9.17) is 4.74 Å². The third-order valence-corrected chi connectivity index (χ3v) is 3.21.